The summed E-state index contributed by atoms with van der Waals surface area (Å²) in [6, 6.07) is 20.5. The molecule has 0 fully saturated rings. The van der Waals surface area contributed by atoms with Crippen molar-refractivity contribution < 1.29 is 19.0 Å². The van der Waals surface area contributed by atoms with Crippen LogP contribution < -0.4 is 14.2 Å². The average Bonchev–Trinajstić information content (AvgIpc) is 3.41. The molecule has 0 aliphatic rings. The van der Waals surface area contributed by atoms with Crippen LogP contribution in [0.1, 0.15) is 21.5 Å². The molecule has 4 aromatic rings. The molecule has 33 heavy (non-hydrogen) atoms. The van der Waals surface area contributed by atoms with Gasteiger partial charge >= 0.3 is 0 Å². The van der Waals surface area contributed by atoms with Crippen molar-refractivity contribution in [2.45, 2.75) is 6.61 Å². The molecule has 0 saturated carbocycles. The van der Waals surface area contributed by atoms with Gasteiger partial charge < -0.3 is 18.8 Å². The van der Waals surface area contributed by atoms with E-state index in [-0.39, 0.29) is 5.78 Å². The second-order valence-corrected chi connectivity index (χ2v) is 7.25. The van der Waals surface area contributed by atoms with Crippen molar-refractivity contribution in [1.29, 1.82) is 0 Å². The van der Waals surface area contributed by atoms with Crippen LogP contribution in [-0.4, -0.2) is 29.6 Å². The molecule has 0 spiro atoms. The maximum absolute atomic E-state index is 12.6. The van der Waals surface area contributed by atoms with Gasteiger partial charge in [-0.15, -0.1) is 0 Å². The maximum atomic E-state index is 12.6. The third kappa shape index (κ3) is 5.49. The lowest BCUT2D eigenvalue weighted by Crippen LogP contribution is -1.99. The van der Waals surface area contributed by atoms with Gasteiger partial charge in [-0.25, -0.2) is 4.98 Å². The van der Waals surface area contributed by atoms with Gasteiger partial charge in [0.1, 0.15) is 23.9 Å². The smallest absolute Gasteiger partial charge is 0.185 e. The Morgan fingerprint density at radius 3 is 2.36 bits per heavy atom. The molecule has 0 unspecified atom stereocenters. The van der Waals surface area contributed by atoms with Crippen LogP contribution in [0.4, 0.5) is 0 Å². The highest BCUT2D eigenvalue weighted by Gasteiger charge is 2.07. The van der Waals surface area contributed by atoms with E-state index in [1.807, 2.05) is 77.5 Å². The number of benzene rings is 3. The highest BCUT2D eigenvalue weighted by Crippen LogP contribution is 2.24. The molecule has 166 valence electrons. The number of hydrogen-bond acceptors (Lipinski definition) is 5. The maximum Gasteiger partial charge on any atom is 0.185 e. The van der Waals surface area contributed by atoms with E-state index < -0.39 is 0 Å². The van der Waals surface area contributed by atoms with Crippen molar-refractivity contribution in [2.75, 3.05) is 14.2 Å². The minimum Gasteiger partial charge on any atom is -0.497 e. The monoisotopic (exact) mass is 440 g/mol. The normalized spacial score (nSPS) is 10.8. The van der Waals surface area contributed by atoms with Crippen LogP contribution in [0.25, 0.3) is 11.8 Å². The lowest BCUT2D eigenvalue weighted by molar-refractivity contribution is 0.104. The molecule has 0 radical (unpaired) electrons. The topological polar surface area (TPSA) is 62.6 Å². The number of carbonyl (C=O) groups is 1. The molecular formula is C27H24N2O4. The summed E-state index contributed by atoms with van der Waals surface area (Å²) >= 11 is 0. The zero-order valence-electron chi connectivity index (χ0n) is 18.5. The fraction of sp³-hybridized carbons (Fsp3) is 0.111. The Balaban J connectivity index is 1.44. The largest absolute Gasteiger partial charge is 0.497 e. The Morgan fingerprint density at radius 1 is 0.939 bits per heavy atom. The van der Waals surface area contributed by atoms with E-state index in [2.05, 4.69) is 4.98 Å². The fourth-order valence-corrected chi connectivity index (χ4v) is 3.33. The number of hydrogen-bond donors (Lipinski definition) is 0. The molecule has 0 bridgehead atoms. The molecule has 0 aliphatic heterocycles. The molecule has 6 heteroatoms. The Labute approximate surface area is 192 Å². The van der Waals surface area contributed by atoms with Crippen molar-refractivity contribution in [3.05, 3.63) is 108 Å². The molecule has 0 amide bonds. The lowest BCUT2D eigenvalue weighted by atomic mass is 10.1. The highest BCUT2D eigenvalue weighted by atomic mass is 16.5. The Morgan fingerprint density at radius 2 is 1.70 bits per heavy atom. The average molecular weight is 440 g/mol. The van der Waals surface area contributed by atoms with Crippen molar-refractivity contribution in [2.24, 2.45) is 0 Å². The predicted molar refractivity (Wildman–Crippen MR) is 127 cm³/mol. The van der Waals surface area contributed by atoms with Crippen LogP contribution in [0, 0.1) is 0 Å². The SMILES string of the molecule is COc1ccc(OCc2cc(/C=C/C(=O)c3ccc(-n4ccnc4)cc3)ccc2OC)cc1. The quantitative estimate of drug-likeness (QED) is 0.259. The van der Waals surface area contributed by atoms with E-state index in [1.54, 1.807) is 38.9 Å². The Bertz CT molecular complexity index is 1230. The van der Waals surface area contributed by atoms with Crippen LogP contribution in [0.15, 0.2) is 91.5 Å². The van der Waals surface area contributed by atoms with E-state index >= 15 is 0 Å². The number of imidazole rings is 1. The summed E-state index contributed by atoms with van der Waals surface area (Å²) < 4.78 is 18.4. The van der Waals surface area contributed by atoms with Crippen LogP contribution in [-0.2, 0) is 6.61 Å². The van der Waals surface area contributed by atoms with Crippen LogP contribution in [0.5, 0.6) is 17.2 Å². The van der Waals surface area contributed by atoms with E-state index in [0.717, 1.165) is 34.1 Å². The molecule has 0 N–H and O–H groups in total. The molecule has 0 atom stereocenters. The molecule has 0 saturated heterocycles. The minimum atomic E-state index is -0.0703. The zero-order valence-corrected chi connectivity index (χ0v) is 18.5. The summed E-state index contributed by atoms with van der Waals surface area (Å²) in [5.74, 6) is 2.15. The van der Waals surface area contributed by atoms with Crippen molar-refractivity contribution in [1.82, 2.24) is 9.55 Å². The van der Waals surface area contributed by atoms with E-state index in [1.165, 1.54) is 0 Å². The molecule has 3 aromatic carbocycles. The number of aromatic nitrogens is 2. The lowest BCUT2D eigenvalue weighted by Gasteiger charge is -2.11. The molecule has 4 rings (SSSR count). The molecule has 0 aliphatic carbocycles. The molecular weight excluding hydrogens is 416 g/mol. The van der Waals surface area contributed by atoms with Gasteiger partial charge in [-0.3, -0.25) is 4.79 Å². The Hall–Kier alpha value is -4.32. The second-order valence-electron chi connectivity index (χ2n) is 7.25. The van der Waals surface area contributed by atoms with Crippen molar-refractivity contribution in [3.63, 3.8) is 0 Å². The molecule has 1 aromatic heterocycles. The van der Waals surface area contributed by atoms with Crippen LogP contribution in [0.3, 0.4) is 0 Å². The molecule has 6 nitrogen and oxygen atoms in total. The minimum absolute atomic E-state index is 0.0703. The third-order valence-electron chi connectivity index (χ3n) is 5.14. The van der Waals surface area contributed by atoms with Gasteiger partial charge in [-0.05, 0) is 72.3 Å². The summed E-state index contributed by atoms with van der Waals surface area (Å²) in [6.07, 6.45) is 8.66. The van der Waals surface area contributed by atoms with Crippen LogP contribution >= 0.6 is 0 Å². The highest BCUT2D eigenvalue weighted by molar-refractivity contribution is 6.06. The van der Waals surface area contributed by atoms with Gasteiger partial charge in [-0.2, -0.15) is 0 Å². The van der Waals surface area contributed by atoms with Gasteiger partial charge in [-0.1, -0.05) is 12.1 Å². The predicted octanol–water partition coefficient (Wildman–Crippen LogP) is 5.36. The number of nitrogens with zero attached hydrogens (tertiary/aromatic N) is 2. The van der Waals surface area contributed by atoms with Gasteiger partial charge in [0.05, 0.1) is 20.5 Å². The first-order chi connectivity index (χ1) is 16.2. The number of ether oxygens (including phenoxy) is 3. The van der Waals surface area contributed by atoms with E-state index in [4.69, 9.17) is 14.2 Å². The van der Waals surface area contributed by atoms with Crippen molar-refractivity contribution in [3.8, 4) is 22.9 Å². The summed E-state index contributed by atoms with van der Waals surface area (Å²) in [7, 11) is 3.25. The Kier molecular flexibility index (Phi) is 6.85. The summed E-state index contributed by atoms with van der Waals surface area (Å²) in [5, 5.41) is 0. The third-order valence-corrected chi connectivity index (χ3v) is 5.14. The van der Waals surface area contributed by atoms with Gasteiger partial charge in [0, 0.05) is 29.2 Å². The summed E-state index contributed by atoms with van der Waals surface area (Å²) in [4.78, 5) is 16.7. The first-order valence-electron chi connectivity index (χ1n) is 10.4. The van der Waals surface area contributed by atoms with E-state index in [0.29, 0.717) is 12.2 Å². The summed E-state index contributed by atoms with van der Waals surface area (Å²) in [5.41, 5.74) is 3.33. The van der Waals surface area contributed by atoms with Crippen LogP contribution in [0.2, 0.25) is 0 Å². The summed E-state index contributed by atoms with van der Waals surface area (Å²) in [6.45, 7) is 0.334. The first-order valence-corrected chi connectivity index (χ1v) is 10.4. The molecule has 1 heterocycles. The zero-order chi connectivity index (χ0) is 23.0. The number of allylic oxidation sites excluding steroid dienone is 1. The second kappa shape index (κ2) is 10.3. The number of methoxy groups -OCH3 is 2. The van der Waals surface area contributed by atoms with Gasteiger partial charge in [0.15, 0.2) is 5.78 Å². The van der Waals surface area contributed by atoms with Gasteiger partial charge in [0.25, 0.3) is 0 Å². The van der Waals surface area contributed by atoms with Gasteiger partial charge in [0.2, 0.25) is 0 Å². The number of ketones is 1. The standard InChI is InChI=1S/C27H24N2O4/c1-31-24-9-11-25(12-10-24)33-18-22-17-20(4-14-27(22)32-2)3-13-26(30)21-5-7-23(8-6-21)29-16-15-28-19-29/h3-17,19H,18H2,1-2H3/b13-3+. The fourth-order valence-electron chi connectivity index (χ4n) is 3.33. The van der Waals surface area contributed by atoms with E-state index in [9.17, 15) is 4.79 Å². The first kappa shape index (κ1) is 21.9. The number of rotatable bonds is 9. The number of carbonyl (C=O) groups excluding carboxylic acids is 1. The van der Waals surface area contributed by atoms with Crippen molar-refractivity contribution >= 4 is 11.9 Å².